The third-order valence-electron chi connectivity index (χ3n) is 2.68. The zero-order valence-corrected chi connectivity index (χ0v) is 11.1. The predicted octanol–water partition coefficient (Wildman–Crippen LogP) is 2.36. The van der Waals surface area contributed by atoms with Crippen LogP contribution < -0.4 is 5.32 Å². The Balaban J connectivity index is 2.06. The Labute approximate surface area is 120 Å². The van der Waals surface area contributed by atoms with Gasteiger partial charge in [0, 0.05) is 6.42 Å². The first-order chi connectivity index (χ1) is 9.56. The Morgan fingerprint density at radius 1 is 1.20 bits per heavy atom. The number of hydrogen-bond acceptors (Lipinski definition) is 3. The highest BCUT2D eigenvalue weighted by Crippen LogP contribution is 2.13. The van der Waals surface area contributed by atoms with Crippen LogP contribution in [-0.2, 0) is 11.2 Å². The number of carbonyl (C=O) groups excluding carboxylic acids is 1. The molecule has 5 nitrogen and oxygen atoms in total. The van der Waals surface area contributed by atoms with Crippen molar-refractivity contribution in [1.29, 1.82) is 0 Å². The Morgan fingerprint density at radius 3 is 2.45 bits per heavy atom. The van der Waals surface area contributed by atoms with Gasteiger partial charge in [-0.15, -0.1) is 0 Å². The average Bonchev–Trinajstić information content (AvgIpc) is 2.86. The lowest BCUT2D eigenvalue weighted by atomic mass is 10.1. The minimum absolute atomic E-state index is 0.0192. The number of furan rings is 1. The monoisotopic (exact) mass is 293 g/mol. The molecule has 104 valence electrons. The van der Waals surface area contributed by atoms with Crippen molar-refractivity contribution in [1.82, 2.24) is 5.32 Å². The first-order valence-electron chi connectivity index (χ1n) is 5.89. The van der Waals surface area contributed by atoms with Gasteiger partial charge in [0.15, 0.2) is 11.0 Å². The summed E-state index contributed by atoms with van der Waals surface area (Å²) in [5.74, 6) is -1.74. The number of carboxylic acids is 1. The molecule has 0 spiro atoms. The second-order valence-corrected chi connectivity index (χ2v) is 4.53. The minimum atomic E-state index is -1.11. The molecule has 0 aliphatic carbocycles. The van der Waals surface area contributed by atoms with Gasteiger partial charge in [0.05, 0.1) is 0 Å². The maximum absolute atomic E-state index is 11.8. The SMILES string of the molecule is O=C(N[C@H](Cc1ccccc1)C(=O)O)c1ccc(Cl)o1. The topological polar surface area (TPSA) is 79.5 Å². The molecule has 1 atom stereocenters. The lowest BCUT2D eigenvalue weighted by Crippen LogP contribution is -2.42. The van der Waals surface area contributed by atoms with Gasteiger partial charge < -0.3 is 14.8 Å². The summed E-state index contributed by atoms with van der Waals surface area (Å²) in [6, 6.07) is 10.8. The van der Waals surface area contributed by atoms with Crippen LogP contribution in [0.1, 0.15) is 16.1 Å². The van der Waals surface area contributed by atoms with Crippen molar-refractivity contribution in [3.63, 3.8) is 0 Å². The molecule has 1 heterocycles. The fourth-order valence-corrected chi connectivity index (χ4v) is 1.86. The van der Waals surface area contributed by atoms with E-state index in [1.54, 1.807) is 12.1 Å². The zero-order chi connectivity index (χ0) is 14.5. The van der Waals surface area contributed by atoms with Gasteiger partial charge in [-0.2, -0.15) is 0 Å². The number of hydrogen-bond donors (Lipinski definition) is 2. The molecule has 0 saturated heterocycles. The Kier molecular flexibility index (Phi) is 4.42. The average molecular weight is 294 g/mol. The summed E-state index contributed by atoms with van der Waals surface area (Å²) in [7, 11) is 0. The highest BCUT2D eigenvalue weighted by atomic mass is 35.5. The number of nitrogens with one attached hydrogen (secondary N) is 1. The molecule has 1 amide bonds. The molecule has 2 rings (SSSR count). The van der Waals surface area contributed by atoms with Crippen LogP contribution in [0.25, 0.3) is 0 Å². The highest BCUT2D eigenvalue weighted by molar-refractivity contribution is 6.29. The molecule has 6 heteroatoms. The number of carbonyl (C=O) groups is 2. The highest BCUT2D eigenvalue weighted by Gasteiger charge is 2.22. The van der Waals surface area contributed by atoms with Crippen LogP contribution in [0.5, 0.6) is 0 Å². The molecule has 20 heavy (non-hydrogen) atoms. The minimum Gasteiger partial charge on any atom is -0.480 e. The Bertz CT molecular complexity index is 609. The molecular formula is C14H12ClNO4. The summed E-state index contributed by atoms with van der Waals surface area (Å²) >= 11 is 5.57. The van der Waals surface area contributed by atoms with E-state index in [-0.39, 0.29) is 17.4 Å². The van der Waals surface area contributed by atoms with Crippen LogP contribution in [0.15, 0.2) is 46.9 Å². The van der Waals surface area contributed by atoms with Crippen molar-refractivity contribution >= 4 is 23.5 Å². The first kappa shape index (κ1) is 14.1. The largest absolute Gasteiger partial charge is 0.480 e. The van der Waals surface area contributed by atoms with Gasteiger partial charge in [0.25, 0.3) is 5.91 Å². The molecule has 0 saturated carbocycles. The van der Waals surface area contributed by atoms with Crippen LogP contribution in [-0.4, -0.2) is 23.0 Å². The standard InChI is InChI=1S/C14H12ClNO4/c15-12-7-6-11(20-12)13(17)16-10(14(18)19)8-9-4-2-1-3-5-9/h1-7,10H,8H2,(H,16,17)(H,18,19)/t10-/m1/s1. The molecule has 0 fully saturated rings. The lowest BCUT2D eigenvalue weighted by molar-refractivity contribution is -0.139. The third kappa shape index (κ3) is 3.61. The van der Waals surface area contributed by atoms with Crippen LogP contribution >= 0.6 is 11.6 Å². The van der Waals surface area contributed by atoms with Gasteiger partial charge in [0.1, 0.15) is 6.04 Å². The van der Waals surface area contributed by atoms with Crippen molar-refractivity contribution in [3.8, 4) is 0 Å². The van der Waals surface area contributed by atoms with E-state index >= 15 is 0 Å². The molecule has 0 bridgehead atoms. The number of amides is 1. The molecule has 2 aromatic rings. The quantitative estimate of drug-likeness (QED) is 0.887. The van der Waals surface area contributed by atoms with E-state index in [4.69, 9.17) is 21.1 Å². The second-order valence-electron chi connectivity index (χ2n) is 4.16. The van der Waals surface area contributed by atoms with Gasteiger partial charge in [-0.05, 0) is 29.3 Å². The second kappa shape index (κ2) is 6.25. The van der Waals surface area contributed by atoms with Crippen LogP contribution in [0, 0.1) is 0 Å². The van der Waals surface area contributed by atoms with Crippen molar-refractivity contribution in [2.75, 3.05) is 0 Å². The van der Waals surface area contributed by atoms with E-state index in [0.29, 0.717) is 0 Å². The van der Waals surface area contributed by atoms with Crippen molar-refractivity contribution < 1.29 is 19.1 Å². The predicted molar refractivity (Wildman–Crippen MR) is 72.8 cm³/mol. The number of carboxylic acid groups (broad SMARTS) is 1. The summed E-state index contributed by atoms with van der Waals surface area (Å²) in [5, 5.41) is 11.6. The normalized spacial score (nSPS) is 11.8. The first-order valence-corrected chi connectivity index (χ1v) is 6.27. The van der Waals surface area contributed by atoms with E-state index in [0.717, 1.165) is 5.56 Å². The molecule has 0 unspecified atom stereocenters. The maximum atomic E-state index is 11.8. The molecular weight excluding hydrogens is 282 g/mol. The fourth-order valence-electron chi connectivity index (χ4n) is 1.72. The summed E-state index contributed by atoms with van der Waals surface area (Å²) < 4.78 is 4.94. The van der Waals surface area contributed by atoms with Crippen LogP contribution in [0.2, 0.25) is 5.22 Å². The summed E-state index contributed by atoms with van der Waals surface area (Å²) in [5.41, 5.74) is 0.817. The molecule has 2 N–H and O–H groups in total. The number of aliphatic carboxylic acids is 1. The van der Waals surface area contributed by atoms with Crippen molar-refractivity contribution in [2.45, 2.75) is 12.5 Å². The van der Waals surface area contributed by atoms with Gasteiger partial charge >= 0.3 is 5.97 Å². The molecule has 1 aromatic heterocycles. The van der Waals surface area contributed by atoms with E-state index in [9.17, 15) is 9.59 Å². The fraction of sp³-hybridized carbons (Fsp3) is 0.143. The summed E-state index contributed by atoms with van der Waals surface area (Å²) in [6.45, 7) is 0. The Morgan fingerprint density at radius 2 is 1.90 bits per heavy atom. The molecule has 0 radical (unpaired) electrons. The van der Waals surface area contributed by atoms with E-state index in [2.05, 4.69) is 5.32 Å². The van der Waals surface area contributed by atoms with Crippen LogP contribution in [0.4, 0.5) is 0 Å². The van der Waals surface area contributed by atoms with Gasteiger partial charge in [-0.3, -0.25) is 4.79 Å². The summed E-state index contributed by atoms with van der Waals surface area (Å²) in [4.78, 5) is 23.0. The molecule has 0 aliphatic rings. The van der Waals surface area contributed by atoms with Gasteiger partial charge in [-0.25, -0.2) is 4.79 Å². The van der Waals surface area contributed by atoms with Crippen LogP contribution in [0.3, 0.4) is 0 Å². The van der Waals surface area contributed by atoms with Crippen molar-refractivity contribution in [3.05, 3.63) is 59.0 Å². The number of halogens is 1. The zero-order valence-electron chi connectivity index (χ0n) is 10.4. The Hall–Kier alpha value is -2.27. The molecule has 0 aliphatic heterocycles. The number of benzene rings is 1. The lowest BCUT2D eigenvalue weighted by Gasteiger charge is -2.13. The molecule has 1 aromatic carbocycles. The van der Waals surface area contributed by atoms with E-state index < -0.39 is 17.9 Å². The van der Waals surface area contributed by atoms with Crippen molar-refractivity contribution in [2.24, 2.45) is 0 Å². The number of rotatable bonds is 5. The third-order valence-corrected chi connectivity index (χ3v) is 2.89. The maximum Gasteiger partial charge on any atom is 0.326 e. The van der Waals surface area contributed by atoms with Gasteiger partial charge in [-0.1, -0.05) is 30.3 Å². The smallest absolute Gasteiger partial charge is 0.326 e. The van der Waals surface area contributed by atoms with Gasteiger partial charge in [0.2, 0.25) is 0 Å². The van der Waals surface area contributed by atoms with E-state index in [1.165, 1.54) is 12.1 Å². The van der Waals surface area contributed by atoms with E-state index in [1.807, 2.05) is 18.2 Å². The summed E-state index contributed by atoms with van der Waals surface area (Å²) in [6.07, 6.45) is 0.191.